The van der Waals surface area contributed by atoms with Crippen LogP contribution < -0.4 is 5.73 Å². The van der Waals surface area contributed by atoms with Gasteiger partial charge in [-0.15, -0.1) is 0 Å². The summed E-state index contributed by atoms with van der Waals surface area (Å²) in [7, 11) is 0. The fourth-order valence-corrected chi connectivity index (χ4v) is 5.04. The average molecular weight is 588 g/mol. The highest BCUT2D eigenvalue weighted by Crippen LogP contribution is 2.35. The number of hydrogen-bond donors (Lipinski definition) is 10. The molecular formula is C24H45NO15. The number of nitrogens with two attached hydrogens (primary N) is 1. The summed E-state index contributed by atoms with van der Waals surface area (Å²) in [6, 6.07) is 0. The van der Waals surface area contributed by atoms with Crippen molar-refractivity contribution in [2.75, 3.05) is 33.0 Å². The van der Waals surface area contributed by atoms with Gasteiger partial charge in [-0.25, -0.2) is 0 Å². The van der Waals surface area contributed by atoms with E-state index in [1.807, 2.05) is 0 Å². The first-order chi connectivity index (χ1) is 19.1. The van der Waals surface area contributed by atoms with Crippen molar-refractivity contribution in [3.63, 3.8) is 0 Å². The third-order valence-electron chi connectivity index (χ3n) is 7.59. The van der Waals surface area contributed by atoms with Gasteiger partial charge in [-0.2, -0.15) is 0 Å². The molecule has 0 aromatic rings. The maximum absolute atomic E-state index is 11.1. The maximum atomic E-state index is 11.1. The number of hydrogen-bond acceptors (Lipinski definition) is 16. The lowest BCUT2D eigenvalue weighted by molar-refractivity contribution is -0.375. The van der Waals surface area contributed by atoms with Gasteiger partial charge in [0.05, 0.1) is 32.0 Å². The van der Waals surface area contributed by atoms with Gasteiger partial charge in [0.2, 0.25) is 0 Å². The molecule has 3 fully saturated rings. The van der Waals surface area contributed by atoms with Crippen LogP contribution in [0.1, 0.15) is 26.2 Å². The number of rotatable bonds is 13. The Morgan fingerprint density at radius 1 is 0.575 bits per heavy atom. The van der Waals surface area contributed by atoms with Crippen molar-refractivity contribution in [2.45, 2.75) is 112 Å². The molecule has 0 aromatic heterocycles. The molecule has 0 spiro atoms. The molecule has 0 aromatic carbocycles. The molecular weight excluding hydrogens is 542 g/mol. The third-order valence-corrected chi connectivity index (χ3v) is 7.59. The molecule has 0 amide bonds. The predicted molar refractivity (Wildman–Crippen MR) is 131 cm³/mol. The fourth-order valence-electron chi connectivity index (χ4n) is 5.04. The summed E-state index contributed by atoms with van der Waals surface area (Å²) in [5.41, 5.74) is 5.48. The van der Waals surface area contributed by atoms with Gasteiger partial charge < -0.3 is 80.1 Å². The summed E-state index contributed by atoms with van der Waals surface area (Å²) in [5.74, 6) is -0.730. The maximum Gasteiger partial charge on any atom is 0.187 e. The van der Waals surface area contributed by atoms with Crippen molar-refractivity contribution in [3.05, 3.63) is 0 Å². The first-order valence-corrected chi connectivity index (χ1v) is 13.6. The quantitative estimate of drug-likeness (QED) is 0.0903. The van der Waals surface area contributed by atoms with Crippen LogP contribution in [0.2, 0.25) is 0 Å². The monoisotopic (exact) mass is 587 g/mol. The summed E-state index contributed by atoms with van der Waals surface area (Å²) in [6.45, 7) is 0.426. The highest BCUT2D eigenvalue weighted by Gasteiger charge is 2.53. The van der Waals surface area contributed by atoms with Crippen LogP contribution in [0.4, 0.5) is 0 Å². The highest BCUT2D eigenvalue weighted by atomic mass is 16.7. The normalized spacial score (nSPS) is 46.4. The van der Waals surface area contributed by atoms with Gasteiger partial charge in [-0.1, -0.05) is 6.92 Å². The summed E-state index contributed by atoms with van der Waals surface area (Å²) in [6.07, 6.45) is -18.3. The van der Waals surface area contributed by atoms with E-state index in [9.17, 15) is 46.0 Å². The SMILES string of the molecule is C[C@H]1C(CO)O[C@H](OC2C(O)[C@@H](OCCCCCN)OC(CO)[C@H]2O)C(O)C1O[C@H]1OC(CO)[C@@H](O)C(O)C1O. The molecule has 0 radical (unpaired) electrons. The predicted octanol–water partition coefficient (Wildman–Crippen LogP) is -5.14. The molecule has 3 aliphatic heterocycles. The van der Waals surface area contributed by atoms with Crippen LogP contribution in [0.15, 0.2) is 0 Å². The van der Waals surface area contributed by atoms with Crippen molar-refractivity contribution < 1.29 is 74.4 Å². The number of aliphatic hydroxyl groups is 9. The summed E-state index contributed by atoms with van der Waals surface area (Å²) < 4.78 is 33.8. The summed E-state index contributed by atoms with van der Waals surface area (Å²) >= 11 is 0. The standard InChI is InChI=1S/C24H45NO15/c1-10-11(7-26)36-24(18(33)20(10)39-23-17(32)16(31)14(29)12(8-27)38-23)40-21-15(30)13(9-28)37-22(19(21)34)35-6-4-2-3-5-25/h10-24,26-34H,2-9,25H2,1H3/t10-,11?,12?,13?,14+,15+,16?,17?,18?,19?,20?,21?,22-,23+,24+/m0/s1. The Labute approximate surface area is 231 Å². The van der Waals surface area contributed by atoms with E-state index in [0.29, 0.717) is 13.0 Å². The van der Waals surface area contributed by atoms with Gasteiger partial charge in [-0.3, -0.25) is 0 Å². The van der Waals surface area contributed by atoms with E-state index in [1.54, 1.807) is 6.92 Å². The lowest BCUT2D eigenvalue weighted by Gasteiger charge is -2.48. The van der Waals surface area contributed by atoms with Gasteiger partial charge >= 0.3 is 0 Å². The lowest BCUT2D eigenvalue weighted by atomic mass is 9.90. The van der Waals surface area contributed by atoms with Crippen molar-refractivity contribution in [1.29, 1.82) is 0 Å². The van der Waals surface area contributed by atoms with Crippen molar-refractivity contribution >= 4 is 0 Å². The molecule has 3 saturated heterocycles. The second-order valence-electron chi connectivity index (χ2n) is 10.4. The Morgan fingerprint density at radius 3 is 1.73 bits per heavy atom. The van der Waals surface area contributed by atoms with E-state index in [1.165, 1.54) is 0 Å². The second kappa shape index (κ2) is 15.7. The third kappa shape index (κ3) is 7.65. The summed E-state index contributed by atoms with van der Waals surface area (Å²) in [5, 5.41) is 92.4. The van der Waals surface area contributed by atoms with Crippen molar-refractivity contribution in [2.24, 2.45) is 11.7 Å². The highest BCUT2D eigenvalue weighted by molar-refractivity contribution is 4.95. The molecule has 0 saturated carbocycles. The van der Waals surface area contributed by atoms with Gasteiger partial charge in [0, 0.05) is 12.5 Å². The number of unbranched alkanes of at least 4 members (excludes halogenated alkanes) is 2. The zero-order chi connectivity index (χ0) is 29.6. The molecule has 40 heavy (non-hydrogen) atoms. The van der Waals surface area contributed by atoms with Gasteiger partial charge in [0.1, 0.15) is 54.9 Å². The summed E-state index contributed by atoms with van der Waals surface area (Å²) in [4.78, 5) is 0. The first-order valence-electron chi connectivity index (χ1n) is 13.6. The van der Waals surface area contributed by atoms with E-state index in [4.69, 9.17) is 34.2 Å². The Bertz CT molecular complexity index is 736. The van der Waals surface area contributed by atoms with Crippen LogP contribution in [0, 0.1) is 5.92 Å². The molecule has 9 unspecified atom stereocenters. The zero-order valence-corrected chi connectivity index (χ0v) is 22.4. The molecule has 0 aliphatic carbocycles. The minimum atomic E-state index is -1.75. The van der Waals surface area contributed by atoms with E-state index in [0.717, 1.165) is 12.8 Å². The van der Waals surface area contributed by atoms with Crippen LogP contribution in [0.5, 0.6) is 0 Å². The Balaban J connectivity index is 1.74. The topological polar surface area (TPSA) is 263 Å². The van der Waals surface area contributed by atoms with E-state index < -0.39 is 112 Å². The van der Waals surface area contributed by atoms with Gasteiger partial charge in [-0.05, 0) is 25.8 Å². The van der Waals surface area contributed by atoms with Gasteiger partial charge in [0.25, 0.3) is 0 Å². The second-order valence-corrected chi connectivity index (χ2v) is 10.4. The zero-order valence-electron chi connectivity index (χ0n) is 22.4. The van der Waals surface area contributed by atoms with Crippen LogP contribution >= 0.6 is 0 Å². The average Bonchev–Trinajstić information content (AvgIpc) is 2.95. The number of aliphatic hydroxyl groups excluding tert-OH is 9. The molecule has 16 heteroatoms. The Morgan fingerprint density at radius 2 is 1.10 bits per heavy atom. The Kier molecular flexibility index (Phi) is 13.3. The first kappa shape index (κ1) is 33.9. The molecule has 3 rings (SSSR count). The molecule has 3 heterocycles. The van der Waals surface area contributed by atoms with Crippen molar-refractivity contribution in [1.82, 2.24) is 0 Å². The van der Waals surface area contributed by atoms with E-state index in [2.05, 4.69) is 0 Å². The number of ether oxygens (including phenoxy) is 6. The molecule has 16 nitrogen and oxygen atoms in total. The largest absolute Gasteiger partial charge is 0.394 e. The van der Waals surface area contributed by atoms with E-state index in [-0.39, 0.29) is 6.61 Å². The van der Waals surface area contributed by atoms with Crippen LogP contribution in [-0.2, 0) is 28.4 Å². The minimum Gasteiger partial charge on any atom is -0.394 e. The Hall–Kier alpha value is -0.640. The van der Waals surface area contributed by atoms with Crippen LogP contribution in [0.3, 0.4) is 0 Å². The minimum absolute atomic E-state index is 0.199. The molecule has 15 atom stereocenters. The fraction of sp³-hybridized carbons (Fsp3) is 1.00. The smallest absolute Gasteiger partial charge is 0.187 e. The van der Waals surface area contributed by atoms with Crippen LogP contribution in [-0.4, -0.2) is 165 Å². The lowest BCUT2D eigenvalue weighted by Crippen LogP contribution is -2.65. The van der Waals surface area contributed by atoms with Crippen molar-refractivity contribution in [3.8, 4) is 0 Å². The van der Waals surface area contributed by atoms with Crippen LogP contribution in [0.25, 0.3) is 0 Å². The molecule has 0 bridgehead atoms. The van der Waals surface area contributed by atoms with E-state index >= 15 is 0 Å². The molecule has 236 valence electrons. The molecule has 11 N–H and O–H groups in total. The molecule has 3 aliphatic rings. The van der Waals surface area contributed by atoms with Gasteiger partial charge in [0.15, 0.2) is 18.9 Å².